The zero-order valence-corrected chi connectivity index (χ0v) is 17.0. The Kier molecular flexibility index (Phi) is 5.49. The summed E-state index contributed by atoms with van der Waals surface area (Å²) in [4.78, 5) is 36.8. The first-order chi connectivity index (χ1) is 14.9. The maximum absolute atomic E-state index is 13.3. The van der Waals surface area contributed by atoms with Crippen molar-refractivity contribution in [2.75, 3.05) is 0 Å². The van der Waals surface area contributed by atoms with Crippen molar-refractivity contribution < 1.29 is 4.92 Å². The molecule has 0 unspecified atom stereocenters. The van der Waals surface area contributed by atoms with Gasteiger partial charge in [0.2, 0.25) is 0 Å². The number of aryl methyl sites for hydroxylation is 2. The first-order valence-corrected chi connectivity index (χ1v) is 9.95. The molecule has 31 heavy (non-hydrogen) atoms. The summed E-state index contributed by atoms with van der Waals surface area (Å²) >= 11 is 0. The molecule has 7 nitrogen and oxygen atoms in total. The van der Waals surface area contributed by atoms with Crippen LogP contribution in [0, 0.1) is 17.0 Å². The van der Waals surface area contributed by atoms with Gasteiger partial charge in [-0.1, -0.05) is 54.1 Å². The SMILES string of the molecule is Cc1cccc(CCn2c(=O)c3ccccc3n(Cc3ccc([N+](=O)[O-])cc3)c2=O)c1. The Morgan fingerprint density at radius 3 is 2.32 bits per heavy atom. The summed E-state index contributed by atoms with van der Waals surface area (Å²) in [6.07, 6.45) is 0.562. The van der Waals surface area contributed by atoms with Crippen LogP contribution < -0.4 is 11.2 Å². The Labute approximate surface area is 178 Å². The van der Waals surface area contributed by atoms with Gasteiger partial charge >= 0.3 is 5.69 Å². The molecule has 0 radical (unpaired) electrons. The molecular weight excluding hydrogens is 394 g/mol. The summed E-state index contributed by atoms with van der Waals surface area (Å²) in [7, 11) is 0. The van der Waals surface area contributed by atoms with E-state index in [1.165, 1.54) is 16.7 Å². The summed E-state index contributed by atoms with van der Waals surface area (Å²) in [5.41, 5.74) is 2.75. The first kappa shape index (κ1) is 20.3. The van der Waals surface area contributed by atoms with Gasteiger partial charge in [-0.2, -0.15) is 0 Å². The van der Waals surface area contributed by atoms with E-state index >= 15 is 0 Å². The normalized spacial score (nSPS) is 11.0. The molecule has 0 bridgehead atoms. The minimum Gasteiger partial charge on any atom is -0.289 e. The van der Waals surface area contributed by atoms with E-state index in [0.717, 1.165) is 16.7 Å². The average molecular weight is 415 g/mol. The van der Waals surface area contributed by atoms with Crippen molar-refractivity contribution in [2.45, 2.75) is 26.4 Å². The molecule has 0 saturated carbocycles. The standard InChI is InChI=1S/C24H21N3O4/c1-17-5-4-6-18(15-17)13-14-25-23(28)21-7-2-3-8-22(21)26(24(25)29)16-19-9-11-20(12-10-19)27(30)31/h2-12,15H,13-14,16H2,1H3. The highest BCUT2D eigenvalue weighted by Gasteiger charge is 2.14. The van der Waals surface area contributed by atoms with Crippen LogP contribution in [0.1, 0.15) is 16.7 Å². The molecule has 156 valence electrons. The second-order valence-corrected chi connectivity index (χ2v) is 7.51. The highest BCUT2D eigenvalue weighted by atomic mass is 16.6. The molecule has 4 rings (SSSR count). The van der Waals surface area contributed by atoms with Gasteiger partial charge in [0.1, 0.15) is 0 Å². The van der Waals surface area contributed by atoms with Crippen LogP contribution in [0.3, 0.4) is 0 Å². The van der Waals surface area contributed by atoms with Crippen LogP contribution in [-0.2, 0) is 19.5 Å². The first-order valence-electron chi connectivity index (χ1n) is 9.95. The number of para-hydroxylation sites is 1. The van der Waals surface area contributed by atoms with Crippen molar-refractivity contribution in [1.82, 2.24) is 9.13 Å². The Morgan fingerprint density at radius 1 is 0.871 bits per heavy atom. The number of nitro groups is 1. The summed E-state index contributed by atoms with van der Waals surface area (Å²) in [6.45, 7) is 2.48. The number of non-ortho nitro benzene ring substituents is 1. The lowest BCUT2D eigenvalue weighted by molar-refractivity contribution is -0.384. The molecule has 0 amide bonds. The van der Waals surface area contributed by atoms with Crippen molar-refractivity contribution in [2.24, 2.45) is 0 Å². The Bertz CT molecular complexity index is 1380. The number of nitro benzene ring substituents is 1. The number of benzene rings is 3. The topological polar surface area (TPSA) is 87.1 Å². The van der Waals surface area contributed by atoms with Gasteiger partial charge in [-0.3, -0.25) is 24.0 Å². The van der Waals surface area contributed by atoms with Gasteiger partial charge in [-0.15, -0.1) is 0 Å². The van der Waals surface area contributed by atoms with E-state index in [-0.39, 0.29) is 24.3 Å². The molecule has 0 aliphatic heterocycles. The van der Waals surface area contributed by atoms with Crippen molar-refractivity contribution in [3.05, 3.63) is 120 Å². The van der Waals surface area contributed by atoms with E-state index in [2.05, 4.69) is 0 Å². The molecule has 0 N–H and O–H groups in total. The van der Waals surface area contributed by atoms with E-state index < -0.39 is 10.6 Å². The molecule has 7 heteroatoms. The molecule has 0 aliphatic rings. The second-order valence-electron chi connectivity index (χ2n) is 7.51. The van der Waals surface area contributed by atoms with Gasteiger partial charge in [0, 0.05) is 18.7 Å². The number of hydrogen-bond donors (Lipinski definition) is 0. The van der Waals surface area contributed by atoms with Gasteiger partial charge in [-0.25, -0.2) is 4.79 Å². The zero-order chi connectivity index (χ0) is 22.0. The number of hydrogen-bond acceptors (Lipinski definition) is 4. The van der Waals surface area contributed by atoms with Crippen LogP contribution in [0.4, 0.5) is 5.69 Å². The molecule has 0 spiro atoms. The van der Waals surface area contributed by atoms with E-state index in [4.69, 9.17) is 0 Å². The third-order valence-corrected chi connectivity index (χ3v) is 5.33. The van der Waals surface area contributed by atoms with Gasteiger partial charge in [-0.05, 0) is 36.6 Å². The predicted molar refractivity (Wildman–Crippen MR) is 120 cm³/mol. The van der Waals surface area contributed by atoms with Crippen molar-refractivity contribution in [3.63, 3.8) is 0 Å². The van der Waals surface area contributed by atoms with Crippen LogP contribution in [-0.4, -0.2) is 14.1 Å². The fourth-order valence-corrected chi connectivity index (χ4v) is 3.74. The predicted octanol–water partition coefficient (Wildman–Crippen LogP) is 3.67. The zero-order valence-electron chi connectivity index (χ0n) is 17.0. The fraction of sp³-hybridized carbons (Fsp3) is 0.167. The number of rotatable bonds is 6. The maximum Gasteiger partial charge on any atom is 0.331 e. The smallest absolute Gasteiger partial charge is 0.289 e. The lowest BCUT2D eigenvalue weighted by atomic mass is 10.1. The third-order valence-electron chi connectivity index (χ3n) is 5.33. The summed E-state index contributed by atoms with van der Waals surface area (Å²) < 4.78 is 2.82. The largest absolute Gasteiger partial charge is 0.331 e. The Hall–Kier alpha value is -4.00. The van der Waals surface area contributed by atoms with E-state index in [9.17, 15) is 19.7 Å². The average Bonchev–Trinajstić information content (AvgIpc) is 2.77. The summed E-state index contributed by atoms with van der Waals surface area (Å²) in [5, 5.41) is 11.4. The minimum atomic E-state index is -0.461. The van der Waals surface area contributed by atoms with Crippen LogP contribution >= 0.6 is 0 Å². The fourth-order valence-electron chi connectivity index (χ4n) is 3.74. The molecule has 0 aliphatic carbocycles. The summed E-state index contributed by atoms with van der Waals surface area (Å²) in [6, 6.07) is 21.1. The lowest BCUT2D eigenvalue weighted by Crippen LogP contribution is -2.40. The third kappa shape index (κ3) is 4.16. The van der Waals surface area contributed by atoms with Gasteiger partial charge in [0.15, 0.2) is 0 Å². The van der Waals surface area contributed by atoms with Gasteiger partial charge in [0.25, 0.3) is 11.2 Å². The van der Waals surface area contributed by atoms with Crippen LogP contribution in [0.2, 0.25) is 0 Å². The number of aromatic nitrogens is 2. The van der Waals surface area contributed by atoms with Gasteiger partial charge < -0.3 is 0 Å². The van der Waals surface area contributed by atoms with Crippen LogP contribution in [0.25, 0.3) is 10.9 Å². The number of fused-ring (bicyclic) bond motifs is 1. The van der Waals surface area contributed by atoms with Crippen molar-refractivity contribution in [3.8, 4) is 0 Å². The molecule has 0 saturated heterocycles. The Balaban J connectivity index is 1.76. The maximum atomic E-state index is 13.3. The highest BCUT2D eigenvalue weighted by molar-refractivity contribution is 5.77. The highest BCUT2D eigenvalue weighted by Crippen LogP contribution is 2.15. The van der Waals surface area contributed by atoms with Crippen molar-refractivity contribution >= 4 is 16.6 Å². The molecule has 1 heterocycles. The van der Waals surface area contributed by atoms with Crippen molar-refractivity contribution in [1.29, 1.82) is 0 Å². The Morgan fingerprint density at radius 2 is 1.61 bits per heavy atom. The minimum absolute atomic E-state index is 0.0101. The molecule has 0 fully saturated rings. The van der Waals surface area contributed by atoms with E-state index in [1.807, 2.05) is 31.2 Å². The molecule has 0 atom stereocenters. The molecule has 3 aromatic carbocycles. The van der Waals surface area contributed by atoms with Crippen LogP contribution in [0.15, 0.2) is 82.4 Å². The van der Waals surface area contributed by atoms with E-state index in [1.54, 1.807) is 41.0 Å². The quantitative estimate of drug-likeness (QED) is 0.355. The molecule has 4 aromatic rings. The van der Waals surface area contributed by atoms with E-state index in [0.29, 0.717) is 17.3 Å². The lowest BCUT2D eigenvalue weighted by Gasteiger charge is -2.14. The monoisotopic (exact) mass is 415 g/mol. The molecule has 1 aromatic heterocycles. The summed E-state index contributed by atoms with van der Waals surface area (Å²) in [5.74, 6) is 0. The number of nitrogens with zero attached hydrogens (tertiary/aromatic N) is 3. The van der Waals surface area contributed by atoms with Gasteiger partial charge in [0.05, 0.1) is 22.4 Å². The second kappa shape index (κ2) is 8.39. The molecular formula is C24H21N3O4. The van der Waals surface area contributed by atoms with Crippen LogP contribution in [0.5, 0.6) is 0 Å².